The van der Waals surface area contributed by atoms with Crippen LogP contribution in [-0.2, 0) is 42.2 Å². The van der Waals surface area contributed by atoms with Crippen molar-refractivity contribution in [3.63, 3.8) is 0 Å². The summed E-state index contributed by atoms with van der Waals surface area (Å²) in [7, 11) is 1.13. The van der Waals surface area contributed by atoms with Gasteiger partial charge in [0.2, 0.25) is 0 Å². The highest BCUT2D eigenvalue weighted by Crippen LogP contribution is 2.38. The predicted molar refractivity (Wildman–Crippen MR) is 219 cm³/mol. The topological polar surface area (TPSA) is 137 Å². The third kappa shape index (κ3) is 40.2. The molecule has 0 spiro atoms. The smallest absolute Gasteiger partial charge is 0.330 e. The maximum absolute atomic E-state index is 12.7. The molecule has 55 heavy (non-hydrogen) atoms. The third-order valence-corrected chi connectivity index (χ3v) is 10.5. The molecular weight excluding hydrogens is 721 g/mol. The molecule has 0 aliphatic rings. The van der Waals surface area contributed by atoms with E-state index < -0.39 is 32.5 Å². The Labute approximate surface area is 336 Å². The van der Waals surface area contributed by atoms with E-state index in [-0.39, 0.29) is 32.0 Å². The molecule has 0 aromatic rings. The van der Waals surface area contributed by atoms with Crippen molar-refractivity contribution in [1.82, 2.24) is 0 Å². The van der Waals surface area contributed by atoms with Crippen LogP contribution in [0.4, 0.5) is 0 Å². The van der Waals surface area contributed by atoms with Gasteiger partial charge in [-0.25, -0.2) is 4.79 Å². The molecule has 11 nitrogen and oxygen atoms in total. The minimum absolute atomic E-state index is 0.0396. The first-order valence-electron chi connectivity index (χ1n) is 21.9. The maximum Gasteiger partial charge on any atom is 0.330 e. The van der Waals surface area contributed by atoms with Crippen molar-refractivity contribution in [2.24, 2.45) is 0 Å². The first-order chi connectivity index (χ1) is 26.4. The lowest BCUT2D eigenvalue weighted by Gasteiger charge is -2.28. The summed E-state index contributed by atoms with van der Waals surface area (Å²) in [6.45, 7) is 5.78. The number of hydrogen-bond donors (Lipinski definition) is 0. The van der Waals surface area contributed by atoms with Gasteiger partial charge in [-0.05, 0) is 19.3 Å². The Balaban J connectivity index is 4.29. The Kier molecular flexibility index (Phi) is 35.4. The number of rotatable bonds is 41. The van der Waals surface area contributed by atoms with Gasteiger partial charge in [-0.3, -0.25) is 14.2 Å². The van der Waals surface area contributed by atoms with Gasteiger partial charge in [0.25, 0.3) is 7.82 Å². The molecule has 0 N–H and O–H groups in total. The largest absolute Gasteiger partial charge is 0.756 e. The second kappa shape index (κ2) is 36.6. The zero-order valence-electron chi connectivity index (χ0n) is 35.7. The molecule has 0 radical (unpaired) electrons. The summed E-state index contributed by atoms with van der Waals surface area (Å²) in [5.74, 6) is -1.21. The van der Waals surface area contributed by atoms with Crippen LogP contribution in [0.3, 0.4) is 0 Å². The SMILES string of the molecule is C=CC(=O)OCCCCCCCCCCCCCCCC(=O)OC(COC(=O)CCCCCCCCCCCCCCC)COP(=O)([O-])OCC[N+](C)(C)C. The number of likely N-dealkylation sites (N-methyl/N-ethyl adjacent to an activating group) is 1. The third-order valence-electron chi connectivity index (χ3n) is 9.58. The van der Waals surface area contributed by atoms with Crippen molar-refractivity contribution in [3.8, 4) is 0 Å². The van der Waals surface area contributed by atoms with Gasteiger partial charge in [0.05, 0.1) is 34.4 Å². The normalized spacial score (nSPS) is 13.3. The Morgan fingerprint density at radius 3 is 1.44 bits per heavy atom. The van der Waals surface area contributed by atoms with Crippen molar-refractivity contribution in [1.29, 1.82) is 0 Å². The molecule has 0 saturated carbocycles. The monoisotopic (exact) mass is 804 g/mol. The lowest BCUT2D eigenvalue weighted by atomic mass is 10.0. The van der Waals surface area contributed by atoms with E-state index in [1.807, 2.05) is 21.1 Å². The first-order valence-corrected chi connectivity index (χ1v) is 23.4. The number of unbranched alkanes of at least 4 members (excludes halogenated alkanes) is 24. The molecule has 2 atom stereocenters. The van der Waals surface area contributed by atoms with Gasteiger partial charge in [0, 0.05) is 18.9 Å². The molecular formula is C43H82NO10P. The van der Waals surface area contributed by atoms with Gasteiger partial charge in [-0.1, -0.05) is 161 Å². The number of carbonyl (C=O) groups excluding carboxylic acids is 3. The zero-order valence-corrected chi connectivity index (χ0v) is 36.6. The Morgan fingerprint density at radius 2 is 1.00 bits per heavy atom. The fraction of sp³-hybridized carbons (Fsp3) is 0.884. The van der Waals surface area contributed by atoms with Crippen molar-refractivity contribution in [2.75, 3.05) is 54.1 Å². The highest BCUT2D eigenvalue weighted by Gasteiger charge is 2.21. The molecule has 2 unspecified atom stereocenters. The first kappa shape index (κ1) is 53.2. The van der Waals surface area contributed by atoms with E-state index in [0.717, 1.165) is 57.8 Å². The van der Waals surface area contributed by atoms with Crippen LogP contribution in [0.1, 0.15) is 187 Å². The quantitative estimate of drug-likeness (QED) is 0.0147. The van der Waals surface area contributed by atoms with Gasteiger partial charge in [0.15, 0.2) is 6.10 Å². The fourth-order valence-corrected chi connectivity index (χ4v) is 6.82. The van der Waals surface area contributed by atoms with Gasteiger partial charge in [-0.15, -0.1) is 0 Å². The van der Waals surface area contributed by atoms with E-state index in [2.05, 4.69) is 13.5 Å². The van der Waals surface area contributed by atoms with E-state index in [0.29, 0.717) is 24.1 Å². The summed E-state index contributed by atoms with van der Waals surface area (Å²) >= 11 is 0. The number of quaternary nitrogens is 1. The molecule has 0 aromatic heterocycles. The molecule has 0 saturated heterocycles. The number of phosphoric ester groups is 1. The number of nitrogens with zero attached hydrogens (tertiary/aromatic N) is 1. The van der Waals surface area contributed by atoms with Crippen LogP contribution >= 0.6 is 7.82 Å². The number of carbonyl (C=O) groups is 3. The van der Waals surface area contributed by atoms with Gasteiger partial charge in [-0.2, -0.15) is 0 Å². The molecule has 324 valence electrons. The van der Waals surface area contributed by atoms with Crippen LogP contribution in [0.15, 0.2) is 12.7 Å². The Bertz CT molecular complexity index is 1000. The summed E-state index contributed by atoms with van der Waals surface area (Å²) in [6.07, 6.45) is 30.6. The summed E-state index contributed by atoms with van der Waals surface area (Å²) in [5.41, 5.74) is 0. The number of ether oxygens (including phenoxy) is 3. The summed E-state index contributed by atoms with van der Waals surface area (Å²) in [4.78, 5) is 48.5. The van der Waals surface area contributed by atoms with Crippen LogP contribution in [-0.4, -0.2) is 82.6 Å². The molecule has 12 heteroatoms. The highest BCUT2D eigenvalue weighted by atomic mass is 31.2. The average Bonchev–Trinajstić information content (AvgIpc) is 3.13. The molecule has 0 bridgehead atoms. The molecule has 0 aliphatic heterocycles. The van der Waals surface area contributed by atoms with E-state index in [1.165, 1.54) is 109 Å². The van der Waals surface area contributed by atoms with E-state index in [9.17, 15) is 23.8 Å². The molecule has 0 fully saturated rings. The minimum atomic E-state index is -4.63. The summed E-state index contributed by atoms with van der Waals surface area (Å²) < 4.78 is 38.8. The summed E-state index contributed by atoms with van der Waals surface area (Å²) in [5, 5.41) is 0. The van der Waals surface area contributed by atoms with Crippen LogP contribution in [0.25, 0.3) is 0 Å². The van der Waals surface area contributed by atoms with Gasteiger partial charge in [0.1, 0.15) is 19.8 Å². The van der Waals surface area contributed by atoms with Crippen molar-refractivity contribution in [2.45, 2.75) is 193 Å². The Morgan fingerprint density at radius 1 is 0.582 bits per heavy atom. The van der Waals surface area contributed by atoms with E-state index in [4.69, 9.17) is 23.3 Å². The van der Waals surface area contributed by atoms with Crippen molar-refractivity contribution >= 4 is 25.7 Å². The number of phosphoric acid groups is 1. The van der Waals surface area contributed by atoms with Crippen LogP contribution < -0.4 is 4.89 Å². The second-order valence-corrected chi connectivity index (χ2v) is 17.5. The molecule has 0 amide bonds. The lowest BCUT2D eigenvalue weighted by Crippen LogP contribution is -2.37. The lowest BCUT2D eigenvalue weighted by molar-refractivity contribution is -0.870. The second-order valence-electron chi connectivity index (χ2n) is 16.1. The van der Waals surface area contributed by atoms with Crippen LogP contribution in [0.5, 0.6) is 0 Å². The van der Waals surface area contributed by atoms with Crippen LogP contribution in [0.2, 0.25) is 0 Å². The Hall–Kier alpha value is -1.78. The average molecular weight is 804 g/mol. The summed E-state index contributed by atoms with van der Waals surface area (Å²) in [6, 6.07) is 0. The minimum Gasteiger partial charge on any atom is -0.756 e. The predicted octanol–water partition coefficient (Wildman–Crippen LogP) is 10.3. The molecule has 0 rings (SSSR count). The maximum atomic E-state index is 12.7. The van der Waals surface area contributed by atoms with Gasteiger partial charge >= 0.3 is 17.9 Å². The van der Waals surface area contributed by atoms with Crippen molar-refractivity contribution in [3.05, 3.63) is 12.7 Å². The molecule has 0 aromatic carbocycles. The fourth-order valence-electron chi connectivity index (χ4n) is 6.09. The number of hydrogen-bond acceptors (Lipinski definition) is 10. The van der Waals surface area contributed by atoms with E-state index in [1.54, 1.807) is 0 Å². The standard InChI is InChI=1S/C43H82NO10P/c1-6-8-9-10-11-12-13-15-18-21-24-27-30-33-42(46)51-38-40(39-53-55(48,49)52-37-35-44(3,4)5)54-43(47)34-31-28-25-22-19-16-14-17-20-23-26-29-32-36-50-41(45)7-2/h7,40H,2,6,8-39H2,1,3-5H3. The molecule has 0 heterocycles. The van der Waals surface area contributed by atoms with E-state index >= 15 is 0 Å². The van der Waals surface area contributed by atoms with Gasteiger partial charge < -0.3 is 32.6 Å². The van der Waals surface area contributed by atoms with Crippen LogP contribution in [0, 0.1) is 0 Å². The zero-order chi connectivity index (χ0) is 40.9. The van der Waals surface area contributed by atoms with Crippen molar-refractivity contribution < 1.29 is 51.6 Å². The number of esters is 3. The molecule has 0 aliphatic carbocycles. The highest BCUT2D eigenvalue weighted by molar-refractivity contribution is 7.45.